The van der Waals surface area contributed by atoms with Crippen LogP contribution < -0.4 is 0 Å². The molecule has 0 atom stereocenters. The Morgan fingerprint density at radius 3 is 2.18 bits per heavy atom. The monoisotopic (exact) mass is 397 g/mol. The first-order valence-corrected chi connectivity index (χ1v) is 9.79. The first kappa shape index (κ1) is 17.9. The van der Waals surface area contributed by atoms with Gasteiger partial charge in [0.1, 0.15) is 5.82 Å². The van der Waals surface area contributed by atoms with E-state index in [1.165, 1.54) is 12.3 Å². The van der Waals surface area contributed by atoms with Crippen LogP contribution in [0.5, 0.6) is 0 Å². The van der Waals surface area contributed by atoms with Crippen molar-refractivity contribution < 1.29 is 4.39 Å². The molecule has 0 amide bonds. The van der Waals surface area contributed by atoms with Crippen molar-refractivity contribution in [3.8, 4) is 0 Å². The maximum atomic E-state index is 14.1. The van der Waals surface area contributed by atoms with Crippen LogP contribution in [0.1, 0.15) is 11.1 Å². The SMILES string of the molecule is Fc1cccc(Cl)c1/C=N\N=C(\c1ccccc1)C12CN3CN(CN(C3)C1)C2. The minimum absolute atomic E-state index is 0.105. The minimum atomic E-state index is -0.397. The number of benzene rings is 2. The fraction of sp³-hybridized carbons (Fsp3) is 0.333. The molecule has 0 spiro atoms. The molecule has 2 aromatic carbocycles. The molecule has 4 bridgehead atoms. The van der Waals surface area contributed by atoms with Gasteiger partial charge in [0.2, 0.25) is 0 Å². The van der Waals surface area contributed by atoms with Crippen LogP contribution in [-0.4, -0.2) is 66.3 Å². The molecule has 4 aliphatic heterocycles. The van der Waals surface area contributed by atoms with E-state index in [0.29, 0.717) is 5.02 Å². The van der Waals surface area contributed by atoms with Crippen molar-refractivity contribution in [2.45, 2.75) is 0 Å². The fourth-order valence-electron chi connectivity index (χ4n) is 4.79. The summed E-state index contributed by atoms with van der Waals surface area (Å²) in [6, 6.07) is 14.8. The van der Waals surface area contributed by atoms with Gasteiger partial charge in [0.25, 0.3) is 0 Å². The predicted molar refractivity (Wildman–Crippen MR) is 109 cm³/mol. The van der Waals surface area contributed by atoms with E-state index in [4.69, 9.17) is 11.6 Å². The van der Waals surface area contributed by atoms with Gasteiger partial charge < -0.3 is 0 Å². The molecule has 0 aromatic heterocycles. The van der Waals surface area contributed by atoms with Gasteiger partial charge in [-0.15, -0.1) is 0 Å². The summed E-state index contributed by atoms with van der Waals surface area (Å²) in [7, 11) is 0. The zero-order valence-electron chi connectivity index (χ0n) is 15.4. The largest absolute Gasteiger partial charge is 0.276 e. The lowest BCUT2D eigenvalue weighted by Crippen LogP contribution is -2.74. The van der Waals surface area contributed by atoms with Crippen molar-refractivity contribution >= 4 is 23.5 Å². The molecule has 0 N–H and O–H groups in total. The highest BCUT2D eigenvalue weighted by molar-refractivity contribution is 6.33. The zero-order valence-corrected chi connectivity index (χ0v) is 16.2. The second-order valence-corrected chi connectivity index (χ2v) is 8.29. The van der Waals surface area contributed by atoms with Crippen LogP contribution in [0.15, 0.2) is 58.7 Å². The number of nitrogens with zero attached hydrogens (tertiary/aromatic N) is 5. The second-order valence-electron chi connectivity index (χ2n) is 7.89. The molecule has 4 saturated heterocycles. The molecule has 7 heteroatoms. The van der Waals surface area contributed by atoms with E-state index in [0.717, 1.165) is 50.9 Å². The summed E-state index contributed by atoms with van der Waals surface area (Å²) >= 11 is 6.12. The molecule has 0 saturated carbocycles. The lowest BCUT2D eigenvalue weighted by atomic mass is 9.74. The Balaban J connectivity index is 1.55. The van der Waals surface area contributed by atoms with Gasteiger partial charge in [0.05, 0.1) is 42.4 Å². The summed E-state index contributed by atoms with van der Waals surface area (Å²) in [5, 5.41) is 9.25. The van der Waals surface area contributed by atoms with Crippen LogP contribution in [0.3, 0.4) is 0 Å². The lowest BCUT2D eigenvalue weighted by Gasteiger charge is -2.60. The Bertz CT molecular complexity index is 888. The lowest BCUT2D eigenvalue weighted by molar-refractivity contribution is -0.149. The first-order chi connectivity index (χ1) is 13.6. The van der Waals surface area contributed by atoms with E-state index in [1.807, 2.05) is 18.2 Å². The average molecular weight is 398 g/mol. The van der Waals surface area contributed by atoms with Gasteiger partial charge >= 0.3 is 0 Å². The van der Waals surface area contributed by atoms with Crippen molar-refractivity contribution in [2.24, 2.45) is 15.6 Å². The molecule has 28 heavy (non-hydrogen) atoms. The number of rotatable bonds is 4. The maximum absolute atomic E-state index is 14.1. The molecular formula is C21H21ClFN5. The molecule has 2 aromatic rings. The highest BCUT2D eigenvalue weighted by Gasteiger charge is 2.51. The summed E-state index contributed by atoms with van der Waals surface area (Å²) in [4.78, 5) is 7.35. The fourth-order valence-corrected chi connectivity index (χ4v) is 5.00. The molecule has 144 valence electrons. The third-order valence-corrected chi connectivity index (χ3v) is 6.00. The van der Waals surface area contributed by atoms with Crippen LogP contribution >= 0.6 is 11.6 Å². The zero-order chi connectivity index (χ0) is 19.1. The van der Waals surface area contributed by atoms with Crippen molar-refractivity contribution in [3.05, 3.63) is 70.5 Å². The van der Waals surface area contributed by atoms with Gasteiger partial charge in [-0.3, -0.25) is 14.7 Å². The molecular weight excluding hydrogens is 377 g/mol. The van der Waals surface area contributed by atoms with E-state index in [9.17, 15) is 4.39 Å². The molecule has 0 unspecified atom stereocenters. The third kappa shape index (κ3) is 3.16. The predicted octanol–water partition coefficient (Wildman–Crippen LogP) is 3.11. The second kappa shape index (κ2) is 7.04. The van der Waals surface area contributed by atoms with Gasteiger partial charge in [0, 0.05) is 25.2 Å². The van der Waals surface area contributed by atoms with Crippen molar-refractivity contribution in [1.82, 2.24) is 14.7 Å². The summed E-state index contributed by atoms with van der Waals surface area (Å²) in [5.74, 6) is -0.397. The van der Waals surface area contributed by atoms with Crippen LogP contribution in [0, 0.1) is 11.2 Å². The summed E-state index contributed by atoms with van der Waals surface area (Å²) in [6.07, 6.45) is 1.42. The van der Waals surface area contributed by atoms with E-state index in [2.05, 4.69) is 37.0 Å². The van der Waals surface area contributed by atoms with E-state index >= 15 is 0 Å². The highest BCUT2D eigenvalue weighted by Crippen LogP contribution is 2.38. The Morgan fingerprint density at radius 1 is 0.929 bits per heavy atom. The molecule has 6 rings (SSSR count). The Kier molecular flexibility index (Phi) is 4.51. The summed E-state index contributed by atoms with van der Waals surface area (Å²) in [5.41, 5.74) is 2.18. The first-order valence-electron chi connectivity index (χ1n) is 9.41. The Hall–Kier alpha value is -2.12. The summed E-state index contributed by atoms with van der Waals surface area (Å²) in [6.45, 7) is 5.91. The molecule has 5 nitrogen and oxygen atoms in total. The van der Waals surface area contributed by atoms with E-state index < -0.39 is 5.82 Å². The van der Waals surface area contributed by atoms with E-state index in [-0.39, 0.29) is 11.0 Å². The normalized spacial score (nSPS) is 31.6. The van der Waals surface area contributed by atoms with Crippen LogP contribution in [0.25, 0.3) is 0 Å². The van der Waals surface area contributed by atoms with Gasteiger partial charge in [-0.25, -0.2) is 4.39 Å². The Morgan fingerprint density at radius 2 is 1.57 bits per heavy atom. The highest BCUT2D eigenvalue weighted by atomic mass is 35.5. The van der Waals surface area contributed by atoms with Gasteiger partial charge in [0.15, 0.2) is 0 Å². The smallest absolute Gasteiger partial charge is 0.133 e. The van der Waals surface area contributed by atoms with Crippen LogP contribution in [0.2, 0.25) is 5.02 Å². The topological polar surface area (TPSA) is 34.4 Å². The minimum Gasteiger partial charge on any atom is -0.276 e. The Labute approximate surface area is 168 Å². The maximum Gasteiger partial charge on any atom is 0.133 e. The molecule has 0 aliphatic carbocycles. The van der Waals surface area contributed by atoms with Crippen molar-refractivity contribution in [3.63, 3.8) is 0 Å². The van der Waals surface area contributed by atoms with Gasteiger partial charge in [-0.2, -0.15) is 10.2 Å². The molecule has 4 aliphatic rings. The molecule has 4 fully saturated rings. The van der Waals surface area contributed by atoms with Crippen molar-refractivity contribution in [1.29, 1.82) is 0 Å². The summed E-state index contributed by atoms with van der Waals surface area (Å²) < 4.78 is 14.1. The third-order valence-electron chi connectivity index (χ3n) is 5.67. The number of hydrogen-bond acceptors (Lipinski definition) is 5. The van der Waals surface area contributed by atoms with Gasteiger partial charge in [-0.1, -0.05) is 48.0 Å². The van der Waals surface area contributed by atoms with Crippen LogP contribution in [-0.2, 0) is 0 Å². The quantitative estimate of drug-likeness (QED) is 0.587. The molecule has 0 radical (unpaired) electrons. The van der Waals surface area contributed by atoms with Gasteiger partial charge in [-0.05, 0) is 17.7 Å². The van der Waals surface area contributed by atoms with Crippen LogP contribution in [0.4, 0.5) is 4.39 Å². The van der Waals surface area contributed by atoms with E-state index in [1.54, 1.807) is 12.1 Å². The number of halogens is 2. The molecule has 4 heterocycles. The standard InChI is InChI=1S/C21H21ClFN5/c22-18-7-4-8-19(23)17(18)9-24-25-20(16-5-2-1-3-6-16)21-10-26-13-27(11-21)15-28(12-21)14-26/h1-9H,10-15H2/b24-9-,25-20-. The van der Waals surface area contributed by atoms with Crippen molar-refractivity contribution in [2.75, 3.05) is 39.6 Å². The average Bonchev–Trinajstić information content (AvgIpc) is 2.66. The number of hydrogen-bond donors (Lipinski definition) is 0.